The maximum Gasteiger partial charge on any atom is 0.326 e. The van der Waals surface area contributed by atoms with E-state index < -0.39 is 0 Å². The number of nitrogens with zero attached hydrogens (tertiary/aromatic N) is 4. The van der Waals surface area contributed by atoms with Gasteiger partial charge >= 0.3 is 6.03 Å². The highest BCUT2D eigenvalue weighted by molar-refractivity contribution is 7.98. The van der Waals surface area contributed by atoms with Gasteiger partial charge in [0.1, 0.15) is 11.5 Å². The second kappa shape index (κ2) is 10.9. The van der Waals surface area contributed by atoms with Crippen LogP contribution in [0.5, 0.6) is 0 Å². The first kappa shape index (κ1) is 22.7. The zero-order chi connectivity index (χ0) is 22.2. The van der Waals surface area contributed by atoms with Crippen molar-refractivity contribution in [2.45, 2.75) is 19.2 Å². The van der Waals surface area contributed by atoms with Crippen molar-refractivity contribution < 1.29 is 9.21 Å². The summed E-state index contributed by atoms with van der Waals surface area (Å²) >= 11 is 1.78. The number of benzene rings is 1. The molecule has 0 saturated heterocycles. The molecule has 10 heteroatoms. The summed E-state index contributed by atoms with van der Waals surface area (Å²) in [6.07, 6.45) is 0. The number of thioether (sulfide) groups is 1. The summed E-state index contributed by atoms with van der Waals surface area (Å²) in [4.78, 5) is 18.5. The molecule has 9 nitrogen and oxygen atoms in total. The molecule has 31 heavy (non-hydrogen) atoms. The lowest BCUT2D eigenvalue weighted by Gasteiger charge is -2.07. The molecule has 0 aliphatic carbocycles. The number of carbonyl (C=O) groups excluding carboxylic acids is 1. The van der Waals surface area contributed by atoms with Crippen LogP contribution in [0.1, 0.15) is 17.1 Å². The van der Waals surface area contributed by atoms with Gasteiger partial charge in [-0.2, -0.15) is 16.7 Å². The Balaban J connectivity index is 1.40. The Morgan fingerprint density at radius 3 is 2.74 bits per heavy atom. The fraction of sp³-hybridized carbons (Fsp3) is 0.381. The SMILES string of the molecule is Cc1cc(CSCCNc2nc(NC(=O)Nc3ccccc3)nn2C)oc1CN(C)C. The van der Waals surface area contributed by atoms with Crippen LogP contribution in [0.15, 0.2) is 40.8 Å². The lowest BCUT2D eigenvalue weighted by molar-refractivity contribution is 0.262. The van der Waals surface area contributed by atoms with Gasteiger partial charge in [-0.15, -0.1) is 5.10 Å². The van der Waals surface area contributed by atoms with Gasteiger partial charge in [-0.1, -0.05) is 18.2 Å². The molecule has 1 aromatic carbocycles. The second-order valence-corrected chi connectivity index (χ2v) is 8.47. The third kappa shape index (κ3) is 7.04. The molecular formula is C21H29N7O2S. The maximum absolute atomic E-state index is 12.1. The summed E-state index contributed by atoms with van der Waals surface area (Å²) in [5, 5.41) is 12.8. The molecule has 0 aliphatic heterocycles. The lowest BCUT2D eigenvalue weighted by Crippen LogP contribution is -2.20. The van der Waals surface area contributed by atoms with Crippen LogP contribution in [0.25, 0.3) is 0 Å². The predicted octanol–water partition coefficient (Wildman–Crippen LogP) is 3.77. The van der Waals surface area contributed by atoms with Crippen molar-refractivity contribution in [3.05, 3.63) is 53.5 Å². The molecule has 0 atom stereocenters. The third-order valence-corrected chi connectivity index (χ3v) is 5.31. The smallest absolute Gasteiger partial charge is 0.326 e. The molecule has 3 N–H and O–H groups in total. The Morgan fingerprint density at radius 1 is 1.23 bits per heavy atom. The number of nitrogens with one attached hydrogen (secondary N) is 3. The number of amides is 2. The molecule has 0 unspecified atom stereocenters. The van der Waals surface area contributed by atoms with Gasteiger partial charge in [0.05, 0.1) is 12.3 Å². The zero-order valence-electron chi connectivity index (χ0n) is 18.3. The average Bonchev–Trinajstić information content (AvgIpc) is 3.23. The number of aryl methyl sites for hydroxylation is 2. The van der Waals surface area contributed by atoms with Crippen molar-refractivity contribution in [1.82, 2.24) is 19.7 Å². The molecule has 2 aromatic heterocycles. The first-order valence-corrected chi connectivity index (χ1v) is 11.1. The van der Waals surface area contributed by atoms with Gasteiger partial charge < -0.3 is 20.0 Å². The molecule has 3 rings (SSSR count). The Morgan fingerprint density at radius 2 is 2.00 bits per heavy atom. The molecule has 166 valence electrons. The van der Waals surface area contributed by atoms with E-state index in [0.717, 1.165) is 36.1 Å². The zero-order valence-corrected chi connectivity index (χ0v) is 19.1. The first-order chi connectivity index (χ1) is 14.9. The third-order valence-electron chi connectivity index (χ3n) is 4.33. The van der Waals surface area contributed by atoms with Gasteiger partial charge in [0.15, 0.2) is 0 Å². The summed E-state index contributed by atoms with van der Waals surface area (Å²) < 4.78 is 7.54. The fourth-order valence-electron chi connectivity index (χ4n) is 2.89. The van der Waals surface area contributed by atoms with Crippen molar-refractivity contribution in [3.8, 4) is 0 Å². The van der Waals surface area contributed by atoms with E-state index in [4.69, 9.17) is 4.42 Å². The lowest BCUT2D eigenvalue weighted by atomic mass is 10.2. The minimum atomic E-state index is -0.388. The summed E-state index contributed by atoms with van der Waals surface area (Å²) in [5.41, 5.74) is 1.89. The number of para-hydroxylation sites is 1. The van der Waals surface area contributed by atoms with E-state index in [1.54, 1.807) is 23.5 Å². The monoisotopic (exact) mass is 443 g/mol. The molecule has 2 amide bonds. The van der Waals surface area contributed by atoms with Crippen molar-refractivity contribution in [2.24, 2.45) is 7.05 Å². The standard InChI is InChI=1S/C21H29N7O2S/c1-15-12-17(30-18(15)13-27(2)3)14-31-11-10-22-20-24-19(26-28(20)4)25-21(29)23-16-8-6-5-7-9-16/h5-9,12H,10-11,13-14H2,1-4H3,(H3,22,23,24,25,26,29). The first-order valence-electron chi connectivity index (χ1n) is 9.99. The molecule has 2 heterocycles. The number of hydrogen-bond donors (Lipinski definition) is 3. The molecule has 3 aromatic rings. The van der Waals surface area contributed by atoms with E-state index in [1.165, 1.54) is 5.56 Å². The number of rotatable bonds is 10. The van der Waals surface area contributed by atoms with Gasteiger partial charge in [-0.3, -0.25) is 5.32 Å². The van der Waals surface area contributed by atoms with Crippen LogP contribution in [0.4, 0.5) is 22.4 Å². The molecule has 0 bridgehead atoms. The van der Waals surface area contributed by atoms with Crippen molar-refractivity contribution in [2.75, 3.05) is 42.3 Å². The largest absolute Gasteiger partial charge is 0.464 e. The van der Waals surface area contributed by atoms with Crippen LogP contribution >= 0.6 is 11.8 Å². The summed E-state index contributed by atoms with van der Waals surface area (Å²) in [6, 6.07) is 10.9. The highest BCUT2D eigenvalue weighted by Gasteiger charge is 2.11. The minimum Gasteiger partial charge on any atom is -0.464 e. The second-order valence-electron chi connectivity index (χ2n) is 7.36. The van der Waals surface area contributed by atoms with Crippen molar-refractivity contribution in [1.29, 1.82) is 0 Å². The van der Waals surface area contributed by atoms with Gasteiger partial charge in [0, 0.05) is 25.0 Å². The van der Waals surface area contributed by atoms with E-state index in [9.17, 15) is 4.79 Å². The number of anilines is 3. The average molecular weight is 444 g/mol. The van der Waals surface area contributed by atoms with Gasteiger partial charge in [-0.05, 0) is 44.8 Å². The van der Waals surface area contributed by atoms with E-state index in [0.29, 0.717) is 11.6 Å². The van der Waals surface area contributed by atoms with Crippen LogP contribution in [0.2, 0.25) is 0 Å². The van der Waals surface area contributed by atoms with Crippen LogP contribution in [-0.2, 0) is 19.3 Å². The van der Waals surface area contributed by atoms with Crippen LogP contribution < -0.4 is 16.0 Å². The Hall–Kier alpha value is -2.98. The number of urea groups is 1. The number of aromatic nitrogens is 3. The fourth-order valence-corrected chi connectivity index (χ4v) is 3.62. The normalized spacial score (nSPS) is 11.0. The number of carbonyl (C=O) groups is 1. The van der Waals surface area contributed by atoms with Crippen molar-refractivity contribution in [3.63, 3.8) is 0 Å². The Labute approximate surface area is 186 Å². The van der Waals surface area contributed by atoms with E-state index in [2.05, 4.69) is 43.9 Å². The van der Waals surface area contributed by atoms with Gasteiger partial charge in [-0.25, -0.2) is 9.48 Å². The molecule has 0 spiro atoms. The summed E-state index contributed by atoms with van der Waals surface area (Å²) in [5.74, 6) is 4.56. The van der Waals surface area contributed by atoms with Gasteiger partial charge in [0.2, 0.25) is 5.95 Å². The number of hydrogen-bond acceptors (Lipinski definition) is 7. The van der Waals surface area contributed by atoms with Crippen LogP contribution in [0.3, 0.4) is 0 Å². The Bertz CT molecular complexity index is 985. The molecular weight excluding hydrogens is 414 g/mol. The highest BCUT2D eigenvalue weighted by atomic mass is 32.2. The number of furan rings is 1. The van der Waals surface area contributed by atoms with E-state index in [-0.39, 0.29) is 12.0 Å². The molecule has 0 saturated carbocycles. The predicted molar refractivity (Wildman–Crippen MR) is 126 cm³/mol. The summed E-state index contributed by atoms with van der Waals surface area (Å²) in [6.45, 7) is 3.61. The van der Waals surface area contributed by atoms with Crippen LogP contribution in [0, 0.1) is 6.92 Å². The molecule has 0 aliphatic rings. The Kier molecular flexibility index (Phi) is 7.96. The molecule has 0 fully saturated rings. The minimum absolute atomic E-state index is 0.241. The van der Waals surface area contributed by atoms with E-state index >= 15 is 0 Å². The topological polar surface area (TPSA) is 100 Å². The van der Waals surface area contributed by atoms with E-state index in [1.807, 2.05) is 44.4 Å². The summed E-state index contributed by atoms with van der Waals surface area (Å²) in [7, 11) is 5.84. The van der Waals surface area contributed by atoms with Crippen LogP contribution in [-0.4, -0.2) is 52.1 Å². The highest BCUT2D eigenvalue weighted by Crippen LogP contribution is 2.20. The van der Waals surface area contributed by atoms with Crippen molar-refractivity contribution >= 4 is 35.4 Å². The maximum atomic E-state index is 12.1. The van der Waals surface area contributed by atoms with Gasteiger partial charge in [0.25, 0.3) is 5.95 Å². The molecule has 0 radical (unpaired) electrons. The quantitative estimate of drug-likeness (QED) is 0.410.